The predicted molar refractivity (Wildman–Crippen MR) is 93.8 cm³/mol. The van der Waals surface area contributed by atoms with Crippen molar-refractivity contribution < 1.29 is 24.2 Å². The van der Waals surface area contributed by atoms with Crippen molar-refractivity contribution in [1.29, 1.82) is 0 Å². The second-order valence-corrected chi connectivity index (χ2v) is 6.55. The number of fused-ring (bicyclic) bond motifs is 4. The highest BCUT2D eigenvalue weighted by Crippen LogP contribution is 2.48. The second-order valence-electron chi connectivity index (χ2n) is 6.55. The Kier molecular flexibility index (Phi) is 3.54. The Hall–Kier alpha value is -3.22. The molecule has 2 heterocycles. The Morgan fingerprint density at radius 3 is 2.85 bits per heavy atom. The summed E-state index contributed by atoms with van der Waals surface area (Å²) in [5, 5.41) is 12.2. The molecular weight excluding hydrogens is 336 g/mol. The van der Waals surface area contributed by atoms with Gasteiger partial charge in [0.25, 0.3) is 0 Å². The van der Waals surface area contributed by atoms with E-state index in [0.717, 1.165) is 5.56 Å². The average molecular weight is 354 g/mol. The van der Waals surface area contributed by atoms with Crippen molar-refractivity contribution in [2.24, 2.45) is 0 Å². The van der Waals surface area contributed by atoms with Crippen LogP contribution in [0.1, 0.15) is 35.3 Å². The van der Waals surface area contributed by atoms with E-state index in [9.17, 15) is 14.7 Å². The van der Waals surface area contributed by atoms with Gasteiger partial charge < -0.3 is 19.9 Å². The Balaban J connectivity index is 1.81. The number of nitrogens with zero attached hydrogens (tertiary/aromatic N) is 1. The van der Waals surface area contributed by atoms with E-state index in [2.05, 4.69) is 5.32 Å². The van der Waals surface area contributed by atoms with Gasteiger partial charge in [0.1, 0.15) is 0 Å². The molecule has 2 amide bonds. The summed E-state index contributed by atoms with van der Waals surface area (Å²) in [5.74, 6) is 0.130. The number of carbonyl (C=O) groups excluding carboxylic acids is 1. The number of aromatic carboxylic acids is 1. The van der Waals surface area contributed by atoms with Gasteiger partial charge in [0.15, 0.2) is 17.2 Å². The highest BCUT2D eigenvalue weighted by molar-refractivity contribution is 5.97. The number of methoxy groups -OCH3 is 1. The minimum Gasteiger partial charge on any atom is -0.493 e. The van der Waals surface area contributed by atoms with E-state index < -0.39 is 11.7 Å². The van der Waals surface area contributed by atoms with Crippen LogP contribution in [0.25, 0.3) is 0 Å². The van der Waals surface area contributed by atoms with E-state index >= 15 is 0 Å². The third-order valence-corrected chi connectivity index (χ3v) is 4.83. The maximum absolute atomic E-state index is 12.8. The Morgan fingerprint density at radius 1 is 1.35 bits per heavy atom. The molecule has 2 N–H and O–H groups in total. The van der Waals surface area contributed by atoms with E-state index in [1.54, 1.807) is 25.3 Å². The third kappa shape index (κ3) is 2.35. The number of amides is 2. The minimum absolute atomic E-state index is 0.106. The summed E-state index contributed by atoms with van der Waals surface area (Å²) in [6.45, 7) is 1.82. The van der Waals surface area contributed by atoms with Gasteiger partial charge in [-0.2, -0.15) is 0 Å². The van der Waals surface area contributed by atoms with Crippen molar-refractivity contribution in [2.75, 3.05) is 12.0 Å². The predicted octanol–water partition coefficient (Wildman–Crippen LogP) is 3.16. The summed E-state index contributed by atoms with van der Waals surface area (Å²) in [5.41, 5.74) is 0.469. The minimum atomic E-state index is -1.05. The highest BCUT2D eigenvalue weighted by Gasteiger charge is 2.50. The van der Waals surface area contributed by atoms with E-state index in [4.69, 9.17) is 9.47 Å². The van der Waals surface area contributed by atoms with Crippen LogP contribution in [-0.4, -0.2) is 29.9 Å². The van der Waals surface area contributed by atoms with Crippen LogP contribution in [0.15, 0.2) is 42.5 Å². The summed E-state index contributed by atoms with van der Waals surface area (Å²) in [6.07, 6.45) is 0.524. The fourth-order valence-electron chi connectivity index (χ4n) is 3.69. The average Bonchev–Trinajstić information content (AvgIpc) is 2.60. The number of hydrogen-bond donors (Lipinski definition) is 2. The van der Waals surface area contributed by atoms with Gasteiger partial charge in [0.2, 0.25) is 0 Å². The van der Waals surface area contributed by atoms with Crippen LogP contribution in [0.2, 0.25) is 0 Å². The zero-order valence-corrected chi connectivity index (χ0v) is 14.4. The first-order chi connectivity index (χ1) is 12.4. The van der Waals surface area contributed by atoms with Gasteiger partial charge in [0, 0.05) is 12.0 Å². The zero-order valence-electron chi connectivity index (χ0n) is 14.4. The normalized spacial score (nSPS) is 23.5. The fraction of sp³-hybridized carbons (Fsp3) is 0.263. The second kappa shape index (κ2) is 5.66. The number of carboxylic acids is 1. The number of nitrogens with one attached hydrogen (secondary N) is 1. The maximum atomic E-state index is 12.8. The molecule has 2 atom stereocenters. The molecule has 2 aliphatic rings. The largest absolute Gasteiger partial charge is 0.493 e. The summed E-state index contributed by atoms with van der Waals surface area (Å²) < 4.78 is 11.7. The molecule has 7 nitrogen and oxygen atoms in total. The third-order valence-electron chi connectivity index (χ3n) is 4.83. The van der Waals surface area contributed by atoms with Gasteiger partial charge in [-0.05, 0) is 31.2 Å². The van der Waals surface area contributed by atoms with Gasteiger partial charge in [-0.3, -0.25) is 4.90 Å². The molecule has 2 aromatic rings. The molecule has 2 aromatic carbocycles. The SMILES string of the molecule is COc1cccc2c1O[C@]1(C)C[C@H]2NC(=O)N1c1cccc(C(=O)O)c1. The molecule has 4 rings (SSSR count). The van der Waals surface area contributed by atoms with Crippen LogP contribution in [-0.2, 0) is 0 Å². The standard InChI is InChI=1S/C19H18N2O5/c1-19-10-14(13-7-4-8-15(25-2)16(13)26-19)20-18(24)21(19)12-6-3-5-11(9-12)17(22)23/h3-9,14H,10H2,1-2H3,(H,20,24)(H,22,23)/t14-,19-/m1/s1. The quantitative estimate of drug-likeness (QED) is 0.884. The van der Waals surface area contributed by atoms with Gasteiger partial charge >= 0.3 is 12.0 Å². The van der Waals surface area contributed by atoms with Crippen molar-refractivity contribution >= 4 is 17.7 Å². The van der Waals surface area contributed by atoms with Crippen LogP contribution in [0, 0.1) is 0 Å². The van der Waals surface area contributed by atoms with E-state index in [-0.39, 0.29) is 17.6 Å². The summed E-state index contributed by atoms with van der Waals surface area (Å²) in [7, 11) is 1.57. The van der Waals surface area contributed by atoms with Crippen molar-refractivity contribution in [1.82, 2.24) is 5.32 Å². The zero-order chi connectivity index (χ0) is 18.5. The molecule has 0 spiro atoms. The molecule has 26 heavy (non-hydrogen) atoms. The molecule has 0 aromatic heterocycles. The summed E-state index contributed by atoms with van der Waals surface area (Å²) in [6, 6.07) is 11.3. The molecule has 2 bridgehead atoms. The molecule has 1 saturated heterocycles. The van der Waals surface area contributed by atoms with Crippen molar-refractivity contribution in [3.63, 3.8) is 0 Å². The van der Waals surface area contributed by atoms with Gasteiger partial charge in [-0.1, -0.05) is 18.2 Å². The van der Waals surface area contributed by atoms with E-state index in [0.29, 0.717) is 23.6 Å². The number of benzene rings is 2. The number of para-hydroxylation sites is 1. The van der Waals surface area contributed by atoms with Gasteiger partial charge in [0.05, 0.1) is 24.4 Å². The number of urea groups is 1. The van der Waals surface area contributed by atoms with Crippen LogP contribution in [0.3, 0.4) is 0 Å². The van der Waals surface area contributed by atoms with Crippen LogP contribution in [0.5, 0.6) is 11.5 Å². The smallest absolute Gasteiger partial charge is 0.335 e. The number of carbonyl (C=O) groups is 2. The van der Waals surface area contributed by atoms with Gasteiger partial charge in [-0.25, -0.2) is 9.59 Å². The number of ether oxygens (including phenoxy) is 2. The molecule has 0 aliphatic carbocycles. The van der Waals surface area contributed by atoms with Crippen LogP contribution in [0.4, 0.5) is 10.5 Å². The molecule has 0 unspecified atom stereocenters. The topological polar surface area (TPSA) is 88.1 Å². The monoisotopic (exact) mass is 354 g/mol. The highest BCUT2D eigenvalue weighted by atomic mass is 16.5. The molecule has 0 radical (unpaired) electrons. The number of rotatable bonds is 3. The van der Waals surface area contributed by atoms with Crippen LogP contribution >= 0.6 is 0 Å². The molecule has 7 heteroatoms. The fourth-order valence-corrected chi connectivity index (χ4v) is 3.69. The van der Waals surface area contributed by atoms with Crippen molar-refractivity contribution in [2.45, 2.75) is 25.1 Å². The maximum Gasteiger partial charge on any atom is 0.335 e. The summed E-state index contributed by atoms with van der Waals surface area (Å²) in [4.78, 5) is 25.6. The lowest BCUT2D eigenvalue weighted by Crippen LogP contribution is -2.65. The lowest BCUT2D eigenvalue weighted by molar-refractivity contribution is 0.0349. The lowest BCUT2D eigenvalue weighted by Gasteiger charge is -2.50. The summed E-state index contributed by atoms with van der Waals surface area (Å²) >= 11 is 0. The number of hydrogen-bond acceptors (Lipinski definition) is 4. The Labute approximate surface area is 150 Å². The van der Waals surface area contributed by atoms with E-state index in [1.165, 1.54) is 17.0 Å². The van der Waals surface area contributed by atoms with Crippen molar-refractivity contribution in [3.8, 4) is 11.5 Å². The molecule has 1 fully saturated rings. The first-order valence-electron chi connectivity index (χ1n) is 8.23. The number of anilines is 1. The lowest BCUT2D eigenvalue weighted by atomic mass is 9.90. The Bertz CT molecular complexity index is 913. The first kappa shape index (κ1) is 16.3. The first-order valence-corrected chi connectivity index (χ1v) is 8.23. The molecule has 0 saturated carbocycles. The van der Waals surface area contributed by atoms with Gasteiger partial charge in [-0.15, -0.1) is 0 Å². The molecule has 134 valence electrons. The number of carboxylic acid groups (broad SMARTS) is 1. The Morgan fingerprint density at radius 2 is 2.12 bits per heavy atom. The van der Waals surface area contributed by atoms with Crippen LogP contribution < -0.4 is 19.7 Å². The van der Waals surface area contributed by atoms with Crippen molar-refractivity contribution in [3.05, 3.63) is 53.6 Å². The van der Waals surface area contributed by atoms with E-state index in [1.807, 2.05) is 19.1 Å². The molecular formula is C19H18N2O5. The molecule has 2 aliphatic heterocycles.